The monoisotopic (exact) mass is 540 g/mol. The topological polar surface area (TPSA) is 9.86 Å². The van der Waals surface area contributed by atoms with Crippen LogP contribution in [0.1, 0.15) is 0 Å². The van der Waals surface area contributed by atoms with Crippen molar-refractivity contribution in [1.29, 1.82) is 0 Å². The van der Waals surface area contributed by atoms with Crippen LogP contribution < -0.4 is 0 Å². The van der Waals surface area contributed by atoms with Gasteiger partial charge >= 0.3 is 0 Å². The third-order valence-corrected chi connectivity index (χ3v) is 9.41. The Balaban J connectivity index is 1.50. The van der Waals surface area contributed by atoms with Crippen molar-refractivity contribution in [2.24, 2.45) is 0 Å². The molecule has 2 nitrogen and oxygen atoms in total. The van der Waals surface area contributed by atoms with Crippen molar-refractivity contribution in [1.82, 2.24) is 9.13 Å². The lowest BCUT2D eigenvalue weighted by atomic mass is 9.99. The third kappa shape index (κ3) is 3.27. The van der Waals surface area contributed by atoms with E-state index in [0.717, 1.165) is 5.69 Å². The molecule has 3 heteroatoms. The largest absolute Gasteiger partial charge is 0.295 e. The van der Waals surface area contributed by atoms with E-state index in [4.69, 9.17) is 0 Å². The molecule has 8 aromatic rings. The van der Waals surface area contributed by atoms with E-state index in [1.54, 1.807) is 0 Å². The lowest BCUT2D eigenvalue weighted by Crippen LogP contribution is -2.05. The molecule has 0 fully saturated rings. The van der Waals surface area contributed by atoms with Crippen LogP contribution in [0.3, 0.4) is 0 Å². The van der Waals surface area contributed by atoms with Crippen molar-refractivity contribution < 1.29 is 0 Å². The Morgan fingerprint density at radius 3 is 2.00 bits per heavy atom. The molecule has 0 amide bonds. The number of benzene rings is 6. The molecule has 192 valence electrons. The predicted octanol–water partition coefficient (Wildman–Crippen LogP) is 10.5. The molecule has 0 N–H and O–H groups in total. The molecule has 0 spiro atoms. The van der Waals surface area contributed by atoms with E-state index >= 15 is 0 Å². The summed E-state index contributed by atoms with van der Waals surface area (Å²) < 4.78 is 5.00. The second-order valence-corrected chi connectivity index (χ2v) is 11.7. The standard InChI is InChI=1S/C38H24N2S/c1-3-12-25(13-4-1)27-16-9-17-28(24-27)39-32-21-10-18-29(26-14-5-2-6-15-26)35(32)36-30-19-11-23-34-37(30)40(38(36)39)31-20-7-8-22-33(31)41-34/h1-24H. The number of fused-ring (bicyclic) bond motifs is 7. The molecular weight excluding hydrogens is 516 g/mol. The lowest BCUT2D eigenvalue weighted by Gasteiger charge is -2.21. The smallest absolute Gasteiger partial charge is 0.131 e. The fourth-order valence-electron chi connectivity index (χ4n) is 6.59. The zero-order valence-corrected chi connectivity index (χ0v) is 23.0. The maximum atomic E-state index is 2.51. The first kappa shape index (κ1) is 22.8. The molecule has 1 aliphatic rings. The van der Waals surface area contributed by atoms with Gasteiger partial charge in [-0.25, -0.2) is 0 Å². The van der Waals surface area contributed by atoms with Gasteiger partial charge in [0.2, 0.25) is 0 Å². The molecule has 9 rings (SSSR count). The molecule has 0 aliphatic carbocycles. The van der Waals surface area contributed by atoms with Crippen molar-refractivity contribution in [2.45, 2.75) is 9.79 Å². The Labute approximate surface area is 242 Å². The summed E-state index contributed by atoms with van der Waals surface area (Å²) in [4.78, 5) is 2.58. The number of hydrogen-bond acceptors (Lipinski definition) is 1. The van der Waals surface area contributed by atoms with Crippen LogP contribution in [0, 0.1) is 0 Å². The summed E-state index contributed by atoms with van der Waals surface area (Å²) in [6, 6.07) is 52.8. The van der Waals surface area contributed by atoms with Gasteiger partial charge in [0.15, 0.2) is 0 Å². The van der Waals surface area contributed by atoms with Crippen LogP contribution in [0.4, 0.5) is 0 Å². The summed E-state index contributed by atoms with van der Waals surface area (Å²) in [5.74, 6) is 0. The summed E-state index contributed by atoms with van der Waals surface area (Å²) >= 11 is 1.87. The van der Waals surface area contributed by atoms with Gasteiger partial charge in [-0.05, 0) is 58.7 Å². The molecule has 0 radical (unpaired) electrons. The van der Waals surface area contributed by atoms with Crippen LogP contribution in [0.2, 0.25) is 0 Å². The molecule has 41 heavy (non-hydrogen) atoms. The molecule has 0 saturated heterocycles. The number of rotatable bonds is 3. The van der Waals surface area contributed by atoms with Crippen molar-refractivity contribution in [3.63, 3.8) is 0 Å². The van der Waals surface area contributed by atoms with Gasteiger partial charge in [-0.15, -0.1) is 0 Å². The van der Waals surface area contributed by atoms with Gasteiger partial charge in [0.1, 0.15) is 5.65 Å². The summed E-state index contributed by atoms with van der Waals surface area (Å²) in [5.41, 5.74) is 11.0. The first-order chi connectivity index (χ1) is 20.4. The van der Waals surface area contributed by atoms with Crippen LogP contribution in [-0.2, 0) is 0 Å². The van der Waals surface area contributed by atoms with Gasteiger partial charge in [-0.3, -0.25) is 9.13 Å². The van der Waals surface area contributed by atoms with Crippen molar-refractivity contribution in [3.8, 4) is 33.6 Å². The maximum absolute atomic E-state index is 2.51. The molecule has 0 saturated carbocycles. The Hall–Kier alpha value is -4.99. The number of para-hydroxylation sites is 2. The highest BCUT2D eigenvalue weighted by Gasteiger charge is 2.28. The zero-order chi connectivity index (χ0) is 26.9. The molecule has 0 atom stereocenters. The van der Waals surface area contributed by atoms with Crippen LogP contribution in [-0.4, -0.2) is 9.13 Å². The molecule has 6 aromatic carbocycles. The van der Waals surface area contributed by atoms with Crippen LogP contribution in [0.5, 0.6) is 0 Å². The van der Waals surface area contributed by atoms with E-state index in [-0.39, 0.29) is 0 Å². The Kier molecular flexibility index (Phi) is 4.87. The van der Waals surface area contributed by atoms with Crippen LogP contribution in [0.25, 0.3) is 66.5 Å². The van der Waals surface area contributed by atoms with E-state index in [1.807, 2.05) is 11.8 Å². The molecule has 2 aromatic heterocycles. The van der Waals surface area contributed by atoms with Crippen LogP contribution >= 0.6 is 11.8 Å². The highest BCUT2D eigenvalue weighted by molar-refractivity contribution is 7.99. The van der Waals surface area contributed by atoms with Crippen molar-refractivity contribution in [3.05, 3.63) is 146 Å². The average molecular weight is 541 g/mol. The minimum atomic E-state index is 1.16. The highest BCUT2D eigenvalue weighted by atomic mass is 32.2. The van der Waals surface area contributed by atoms with E-state index in [1.165, 1.54) is 70.6 Å². The quantitative estimate of drug-likeness (QED) is 0.217. The Morgan fingerprint density at radius 2 is 1.15 bits per heavy atom. The second-order valence-electron chi connectivity index (χ2n) is 10.6. The van der Waals surface area contributed by atoms with Gasteiger partial charge in [0, 0.05) is 31.6 Å². The van der Waals surface area contributed by atoms with Gasteiger partial charge in [-0.1, -0.05) is 121 Å². The lowest BCUT2D eigenvalue weighted by molar-refractivity contribution is 1.03. The maximum Gasteiger partial charge on any atom is 0.131 e. The summed E-state index contributed by atoms with van der Waals surface area (Å²) in [5, 5.41) is 3.90. The summed E-state index contributed by atoms with van der Waals surface area (Å²) in [6.45, 7) is 0. The van der Waals surface area contributed by atoms with Crippen molar-refractivity contribution in [2.75, 3.05) is 0 Å². The highest BCUT2D eigenvalue weighted by Crippen LogP contribution is 2.50. The molecule has 0 bridgehead atoms. The normalized spacial score (nSPS) is 12.3. The fourth-order valence-corrected chi connectivity index (χ4v) is 7.68. The van der Waals surface area contributed by atoms with E-state index < -0.39 is 0 Å². The molecular formula is C38H24N2S. The second kappa shape index (κ2) is 8.76. The third-order valence-electron chi connectivity index (χ3n) is 8.29. The predicted molar refractivity (Wildman–Crippen MR) is 173 cm³/mol. The van der Waals surface area contributed by atoms with E-state index in [2.05, 4.69) is 155 Å². The minimum Gasteiger partial charge on any atom is -0.295 e. The first-order valence-corrected chi connectivity index (χ1v) is 14.8. The number of aromatic nitrogens is 2. The number of nitrogens with zero attached hydrogens (tertiary/aromatic N) is 2. The Bertz CT molecular complexity index is 2270. The van der Waals surface area contributed by atoms with Crippen molar-refractivity contribution >= 4 is 44.6 Å². The van der Waals surface area contributed by atoms with Gasteiger partial charge in [0.25, 0.3) is 0 Å². The SMILES string of the molecule is c1ccc(-c2cccc(-n3c4cccc(-c5ccccc5)c4c4c5cccc6c5n(c43)-c3ccccc3S6)c2)cc1. The molecule has 3 heterocycles. The van der Waals surface area contributed by atoms with Crippen LogP contribution in [0.15, 0.2) is 155 Å². The van der Waals surface area contributed by atoms with Gasteiger partial charge < -0.3 is 0 Å². The first-order valence-electron chi connectivity index (χ1n) is 14.0. The average Bonchev–Trinajstić information content (AvgIpc) is 3.56. The van der Waals surface area contributed by atoms with E-state index in [0.29, 0.717) is 0 Å². The summed E-state index contributed by atoms with van der Waals surface area (Å²) in [7, 11) is 0. The van der Waals surface area contributed by atoms with E-state index in [9.17, 15) is 0 Å². The molecule has 1 aliphatic heterocycles. The fraction of sp³-hybridized carbons (Fsp3) is 0. The van der Waals surface area contributed by atoms with Gasteiger partial charge in [-0.2, -0.15) is 0 Å². The number of hydrogen-bond donors (Lipinski definition) is 0. The summed E-state index contributed by atoms with van der Waals surface area (Å²) in [6.07, 6.45) is 0. The van der Waals surface area contributed by atoms with Gasteiger partial charge in [0.05, 0.1) is 16.7 Å². The minimum absolute atomic E-state index is 1.16. The Morgan fingerprint density at radius 1 is 0.463 bits per heavy atom. The molecule has 0 unspecified atom stereocenters. The zero-order valence-electron chi connectivity index (χ0n) is 22.2.